The minimum atomic E-state index is -4.50. The number of halogens is 4. The van der Waals surface area contributed by atoms with Gasteiger partial charge in [-0.05, 0) is 25.0 Å². The number of hydrogen-bond acceptors (Lipinski definition) is 6. The van der Waals surface area contributed by atoms with Crippen LogP contribution in [0.5, 0.6) is 0 Å². The van der Waals surface area contributed by atoms with Crippen molar-refractivity contribution < 1.29 is 13.2 Å². The molecule has 0 aromatic carbocycles. The fourth-order valence-corrected chi connectivity index (χ4v) is 3.75. The van der Waals surface area contributed by atoms with Crippen molar-refractivity contribution in [2.45, 2.75) is 25.1 Å². The molecule has 4 rings (SSSR count). The second-order valence-corrected chi connectivity index (χ2v) is 7.39. The maximum atomic E-state index is 12.7. The van der Waals surface area contributed by atoms with Crippen LogP contribution in [-0.4, -0.2) is 37.2 Å². The highest BCUT2D eigenvalue weighted by Gasteiger charge is 2.32. The fourth-order valence-electron chi connectivity index (χ4n) is 3.60. The van der Waals surface area contributed by atoms with Crippen LogP contribution < -0.4 is 16.0 Å². The number of nitrogens with zero attached hydrogens (tertiary/aromatic N) is 6. The molecule has 0 radical (unpaired) electrons. The second kappa shape index (κ2) is 7.38. The molecule has 1 saturated heterocycles. The molecular formula is C18H16ClF3N6O2. The standard InChI is InChI=1S/C18H16ClF3N6O2/c1-26-12-2-3-13(19)25-14(12)28(16(30)15(26)29)11-4-6-27(7-5-11)17-23-8-10(9-24-17)18(20,21)22/h2-3,8-9,11H,4-7H2,1H3. The summed E-state index contributed by atoms with van der Waals surface area (Å²) in [6.07, 6.45) is -2.08. The molecule has 0 amide bonds. The van der Waals surface area contributed by atoms with Crippen LogP contribution in [0.15, 0.2) is 34.1 Å². The molecule has 0 unspecified atom stereocenters. The summed E-state index contributed by atoms with van der Waals surface area (Å²) >= 11 is 6.00. The first kappa shape index (κ1) is 20.3. The van der Waals surface area contributed by atoms with Crippen LogP contribution in [0.25, 0.3) is 11.2 Å². The fraction of sp³-hybridized carbons (Fsp3) is 0.389. The number of aryl methyl sites for hydroxylation is 1. The molecule has 0 aliphatic carbocycles. The average Bonchev–Trinajstić information content (AvgIpc) is 2.72. The number of aromatic nitrogens is 5. The summed E-state index contributed by atoms with van der Waals surface area (Å²) in [6, 6.07) is 2.86. The number of hydrogen-bond donors (Lipinski definition) is 0. The number of piperidine rings is 1. The maximum absolute atomic E-state index is 12.7. The van der Waals surface area contributed by atoms with Crippen molar-refractivity contribution in [1.82, 2.24) is 24.1 Å². The number of rotatable bonds is 2. The normalized spacial score (nSPS) is 15.7. The zero-order valence-corrected chi connectivity index (χ0v) is 16.5. The van der Waals surface area contributed by atoms with Crippen LogP contribution in [0.4, 0.5) is 19.1 Å². The first-order valence-electron chi connectivity index (χ1n) is 9.09. The van der Waals surface area contributed by atoms with Crippen molar-refractivity contribution in [2.24, 2.45) is 7.05 Å². The van der Waals surface area contributed by atoms with Gasteiger partial charge in [-0.1, -0.05) is 11.6 Å². The van der Waals surface area contributed by atoms with Gasteiger partial charge in [0, 0.05) is 38.6 Å². The van der Waals surface area contributed by atoms with E-state index in [-0.39, 0.29) is 17.1 Å². The summed E-state index contributed by atoms with van der Waals surface area (Å²) < 4.78 is 40.7. The molecule has 0 saturated carbocycles. The van der Waals surface area contributed by atoms with Gasteiger partial charge >= 0.3 is 17.3 Å². The first-order chi connectivity index (χ1) is 14.2. The third-order valence-corrected chi connectivity index (χ3v) is 5.40. The Morgan fingerprint density at radius 1 is 1.07 bits per heavy atom. The molecule has 0 spiro atoms. The van der Waals surface area contributed by atoms with E-state index in [1.807, 2.05) is 0 Å². The molecule has 0 bridgehead atoms. The van der Waals surface area contributed by atoms with Gasteiger partial charge in [0.25, 0.3) is 0 Å². The Balaban J connectivity index is 1.62. The average molecular weight is 441 g/mol. The van der Waals surface area contributed by atoms with Crippen LogP contribution in [-0.2, 0) is 13.2 Å². The van der Waals surface area contributed by atoms with Gasteiger partial charge in [-0.3, -0.25) is 14.2 Å². The molecule has 0 N–H and O–H groups in total. The smallest absolute Gasteiger partial charge is 0.341 e. The summed E-state index contributed by atoms with van der Waals surface area (Å²) in [5.74, 6) is 0.184. The van der Waals surface area contributed by atoms with E-state index in [0.717, 1.165) is 12.4 Å². The minimum absolute atomic E-state index is 0.184. The lowest BCUT2D eigenvalue weighted by atomic mass is 10.0. The van der Waals surface area contributed by atoms with E-state index in [4.69, 9.17) is 11.6 Å². The van der Waals surface area contributed by atoms with Gasteiger partial charge in [0.1, 0.15) is 5.15 Å². The van der Waals surface area contributed by atoms with E-state index in [2.05, 4.69) is 15.0 Å². The van der Waals surface area contributed by atoms with Crippen LogP contribution in [0.2, 0.25) is 5.15 Å². The van der Waals surface area contributed by atoms with Gasteiger partial charge in [-0.15, -0.1) is 0 Å². The summed E-state index contributed by atoms with van der Waals surface area (Å²) in [5, 5.41) is 0.199. The predicted molar refractivity (Wildman–Crippen MR) is 104 cm³/mol. The largest absolute Gasteiger partial charge is 0.419 e. The Labute approximate surface area is 172 Å². The van der Waals surface area contributed by atoms with Crippen molar-refractivity contribution >= 4 is 28.7 Å². The third-order valence-electron chi connectivity index (χ3n) is 5.19. The maximum Gasteiger partial charge on any atom is 0.419 e. The third kappa shape index (κ3) is 3.53. The molecule has 30 heavy (non-hydrogen) atoms. The second-order valence-electron chi connectivity index (χ2n) is 7.00. The van der Waals surface area contributed by atoms with Crippen LogP contribution >= 0.6 is 11.6 Å². The Bertz CT molecular complexity index is 1210. The molecule has 3 aromatic heterocycles. The Hall–Kier alpha value is -2.95. The van der Waals surface area contributed by atoms with Crippen LogP contribution in [0, 0.1) is 0 Å². The van der Waals surface area contributed by atoms with Gasteiger partial charge in [-0.25, -0.2) is 15.0 Å². The molecule has 158 valence electrons. The summed E-state index contributed by atoms with van der Waals surface area (Å²) in [4.78, 5) is 38.7. The lowest BCUT2D eigenvalue weighted by Crippen LogP contribution is -2.45. The molecule has 1 fully saturated rings. The van der Waals surface area contributed by atoms with Crippen molar-refractivity contribution in [2.75, 3.05) is 18.0 Å². The molecule has 1 aliphatic heterocycles. The zero-order valence-electron chi connectivity index (χ0n) is 15.7. The van der Waals surface area contributed by atoms with E-state index >= 15 is 0 Å². The van der Waals surface area contributed by atoms with Gasteiger partial charge in [0.2, 0.25) is 5.95 Å². The summed E-state index contributed by atoms with van der Waals surface area (Å²) in [7, 11) is 1.50. The quantitative estimate of drug-likeness (QED) is 0.449. The number of pyridine rings is 1. The number of anilines is 1. The minimum Gasteiger partial charge on any atom is -0.341 e. The lowest BCUT2D eigenvalue weighted by Gasteiger charge is -2.33. The molecule has 12 heteroatoms. The van der Waals surface area contributed by atoms with Crippen LogP contribution in [0.1, 0.15) is 24.4 Å². The highest BCUT2D eigenvalue weighted by atomic mass is 35.5. The zero-order chi connectivity index (χ0) is 21.6. The highest BCUT2D eigenvalue weighted by molar-refractivity contribution is 6.29. The Morgan fingerprint density at radius 3 is 2.30 bits per heavy atom. The molecule has 4 heterocycles. The van der Waals surface area contributed by atoms with Crippen molar-refractivity contribution in [1.29, 1.82) is 0 Å². The van der Waals surface area contributed by atoms with E-state index in [1.165, 1.54) is 16.2 Å². The van der Waals surface area contributed by atoms with E-state index in [1.54, 1.807) is 17.0 Å². The van der Waals surface area contributed by atoms with Gasteiger partial charge in [0.15, 0.2) is 5.65 Å². The Kier molecular flexibility index (Phi) is 5.00. The highest BCUT2D eigenvalue weighted by Crippen LogP contribution is 2.30. The topological polar surface area (TPSA) is 85.9 Å². The predicted octanol–water partition coefficient (Wildman–Crippen LogP) is 2.40. The monoisotopic (exact) mass is 440 g/mol. The molecular weight excluding hydrogens is 425 g/mol. The van der Waals surface area contributed by atoms with Crippen molar-refractivity contribution in [3.8, 4) is 0 Å². The van der Waals surface area contributed by atoms with E-state index in [0.29, 0.717) is 37.1 Å². The van der Waals surface area contributed by atoms with Gasteiger partial charge < -0.3 is 9.47 Å². The number of fused-ring (bicyclic) bond motifs is 1. The van der Waals surface area contributed by atoms with Gasteiger partial charge in [-0.2, -0.15) is 13.2 Å². The summed E-state index contributed by atoms with van der Waals surface area (Å²) in [6.45, 7) is 0.805. The number of alkyl halides is 3. The molecule has 1 aliphatic rings. The lowest BCUT2D eigenvalue weighted by molar-refractivity contribution is -0.138. The van der Waals surface area contributed by atoms with Gasteiger partial charge in [0.05, 0.1) is 11.1 Å². The van der Waals surface area contributed by atoms with Crippen molar-refractivity contribution in [3.05, 3.63) is 56.0 Å². The Morgan fingerprint density at radius 2 is 1.70 bits per heavy atom. The first-order valence-corrected chi connectivity index (χ1v) is 9.46. The van der Waals surface area contributed by atoms with Crippen LogP contribution in [0.3, 0.4) is 0 Å². The molecule has 0 atom stereocenters. The SMILES string of the molecule is Cn1c(=O)c(=O)n(C2CCN(c3ncc(C(F)(F)F)cn3)CC2)c2nc(Cl)ccc21. The van der Waals surface area contributed by atoms with E-state index in [9.17, 15) is 22.8 Å². The van der Waals surface area contributed by atoms with E-state index < -0.39 is 22.9 Å². The summed E-state index contributed by atoms with van der Waals surface area (Å²) in [5.41, 5.74) is -1.47. The van der Waals surface area contributed by atoms with Crippen molar-refractivity contribution in [3.63, 3.8) is 0 Å². The molecule has 8 nitrogen and oxygen atoms in total. The molecule has 3 aromatic rings.